The van der Waals surface area contributed by atoms with E-state index < -0.39 is 5.91 Å². The molecule has 126 valence electrons. The quantitative estimate of drug-likeness (QED) is 0.515. The highest BCUT2D eigenvalue weighted by molar-refractivity contribution is 5.90. The number of rotatable bonds is 8. The molecule has 0 spiro atoms. The topological polar surface area (TPSA) is 78.4 Å². The zero-order chi connectivity index (χ0) is 17.2. The highest BCUT2D eigenvalue weighted by Gasteiger charge is 2.04. The molecule has 0 saturated heterocycles. The molecule has 0 aliphatic carbocycles. The molecule has 0 saturated carbocycles. The van der Waals surface area contributed by atoms with Gasteiger partial charge < -0.3 is 5.32 Å². The summed E-state index contributed by atoms with van der Waals surface area (Å²) in [6.45, 7) is 0. The Morgan fingerprint density at radius 2 is 1.46 bits per heavy atom. The molecule has 2 amide bonds. The number of hydrogen-bond donors (Lipinski definition) is 3. The lowest BCUT2D eigenvalue weighted by Gasteiger charge is -2.07. The minimum absolute atomic E-state index is 0.00154. The van der Waals surface area contributed by atoms with Gasteiger partial charge in [0.15, 0.2) is 0 Å². The van der Waals surface area contributed by atoms with Gasteiger partial charge in [-0.25, -0.2) is 5.48 Å². The van der Waals surface area contributed by atoms with Crippen LogP contribution in [-0.4, -0.2) is 17.0 Å². The predicted molar refractivity (Wildman–Crippen MR) is 92.7 cm³/mol. The van der Waals surface area contributed by atoms with Crippen molar-refractivity contribution in [2.75, 3.05) is 5.32 Å². The van der Waals surface area contributed by atoms with Gasteiger partial charge in [0.1, 0.15) is 0 Å². The second kappa shape index (κ2) is 9.47. The lowest BCUT2D eigenvalue weighted by Crippen LogP contribution is -2.18. The highest BCUT2D eigenvalue weighted by Crippen LogP contribution is 2.12. The van der Waals surface area contributed by atoms with Gasteiger partial charge in [-0.1, -0.05) is 42.5 Å². The van der Waals surface area contributed by atoms with Gasteiger partial charge in [-0.05, 0) is 42.5 Å². The summed E-state index contributed by atoms with van der Waals surface area (Å²) in [5, 5.41) is 11.3. The number of carbonyl (C=O) groups is 2. The van der Waals surface area contributed by atoms with Crippen LogP contribution in [0.3, 0.4) is 0 Å². The number of anilines is 1. The summed E-state index contributed by atoms with van der Waals surface area (Å²) >= 11 is 0. The van der Waals surface area contributed by atoms with Gasteiger partial charge in [-0.15, -0.1) is 0 Å². The molecule has 0 bridgehead atoms. The molecule has 0 aliphatic rings. The summed E-state index contributed by atoms with van der Waals surface area (Å²) in [4.78, 5) is 22.9. The number of hydrogen-bond acceptors (Lipinski definition) is 3. The molecule has 5 nitrogen and oxygen atoms in total. The number of amides is 2. The minimum Gasteiger partial charge on any atom is -0.326 e. The number of carbonyl (C=O) groups excluding carboxylic acids is 2. The monoisotopic (exact) mass is 326 g/mol. The van der Waals surface area contributed by atoms with Gasteiger partial charge in [-0.2, -0.15) is 0 Å². The summed E-state index contributed by atoms with van der Waals surface area (Å²) in [6, 6.07) is 17.5. The number of benzene rings is 2. The van der Waals surface area contributed by atoms with Crippen LogP contribution in [0.4, 0.5) is 5.69 Å². The SMILES string of the molecule is O=C(CCc1ccc(NC(=O)CCCc2ccccc2)cc1)NO. The second-order valence-electron chi connectivity index (χ2n) is 5.62. The van der Waals surface area contributed by atoms with Gasteiger partial charge >= 0.3 is 0 Å². The van der Waals surface area contributed by atoms with Gasteiger partial charge in [0.2, 0.25) is 11.8 Å². The fourth-order valence-corrected chi connectivity index (χ4v) is 2.39. The molecule has 0 atom stereocenters. The maximum Gasteiger partial charge on any atom is 0.243 e. The van der Waals surface area contributed by atoms with E-state index in [2.05, 4.69) is 17.4 Å². The summed E-state index contributed by atoms with van der Waals surface area (Å²) in [7, 11) is 0. The van der Waals surface area contributed by atoms with Crippen LogP contribution in [0.5, 0.6) is 0 Å². The van der Waals surface area contributed by atoms with E-state index in [9.17, 15) is 9.59 Å². The lowest BCUT2D eigenvalue weighted by molar-refractivity contribution is -0.129. The normalized spacial score (nSPS) is 10.2. The Morgan fingerprint density at radius 3 is 2.12 bits per heavy atom. The number of hydroxylamine groups is 1. The summed E-state index contributed by atoms with van der Waals surface area (Å²) in [5.74, 6) is -0.413. The molecule has 24 heavy (non-hydrogen) atoms. The third kappa shape index (κ3) is 6.22. The maximum absolute atomic E-state index is 11.9. The van der Waals surface area contributed by atoms with Gasteiger partial charge in [0.25, 0.3) is 0 Å². The summed E-state index contributed by atoms with van der Waals surface area (Å²) in [6.07, 6.45) is 2.94. The average Bonchev–Trinajstić information content (AvgIpc) is 2.61. The lowest BCUT2D eigenvalue weighted by atomic mass is 10.1. The van der Waals surface area contributed by atoms with E-state index in [-0.39, 0.29) is 12.3 Å². The first-order chi connectivity index (χ1) is 11.7. The van der Waals surface area contributed by atoms with Crippen LogP contribution in [0.25, 0.3) is 0 Å². The molecule has 0 heterocycles. The van der Waals surface area contributed by atoms with Crippen molar-refractivity contribution in [1.82, 2.24) is 5.48 Å². The summed E-state index contributed by atoms with van der Waals surface area (Å²) in [5.41, 5.74) is 4.56. The third-order valence-electron chi connectivity index (χ3n) is 3.72. The highest BCUT2D eigenvalue weighted by atomic mass is 16.5. The van der Waals surface area contributed by atoms with Crippen LogP contribution in [0.1, 0.15) is 30.4 Å². The van der Waals surface area contributed by atoms with Crippen molar-refractivity contribution >= 4 is 17.5 Å². The second-order valence-corrected chi connectivity index (χ2v) is 5.62. The number of nitrogens with one attached hydrogen (secondary N) is 2. The van der Waals surface area contributed by atoms with Crippen LogP contribution in [0.15, 0.2) is 54.6 Å². The molecule has 0 unspecified atom stereocenters. The van der Waals surface area contributed by atoms with E-state index in [0.29, 0.717) is 12.8 Å². The van der Waals surface area contributed by atoms with Crippen LogP contribution in [0.2, 0.25) is 0 Å². The van der Waals surface area contributed by atoms with E-state index in [4.69, 9.17) is 5.21 Å². The molecule has 0 radical (unpaired) electrons. The largest absolute Gasteiger partial charge is 0.326 e. The van der Waals surface area contributed by atoms with E-state index in [1.165, 1.54) is 5.56 Å². The third-order valence-corrected chi connectivity index (χ3v) is 3.72. The smallest absolute Gasteiger partial charge is 0.243 e. The molecular weight excluding hydrogens is 304 g/mol. The standard InChI is InChI=1S/C19H22N2O3/c22-18(8-4-7-15-5-2-1-3-6-15)20-17-12-9-16(10-13-17)11-14-19(23)21-24/h1-3,5-6,9-10,12-13,24H,4,7-8,11,14H2,(H,20,22)(H,21,23). The van der Waals surface area contributed by atoms with E-state index >= 15 is 0 Å². The first kappa shape index (κ1) is 17.7. The van der Waals surface area contributed by atoms with E-state index in [0.717, 1.165) is 24.1 Å². The zero-order valence-electron chi connectivity index (χ0n) is 13.5. The van der Waals surface area contributed by atoms with Crippen LogP contribution in [0, 0.1) is 0 Å². The Bertz CT molecular complexity index is 654. The molecule has 0 aliphatic heterocycles. The van der Waals surface area contributed by atoms with Crippen LogP contribution in [-0.2, 0) is 22.4 Å². The molecule has 5 heteroatoms. The van der Waals surface area contributed by atoms with Crippen molar-refractivity contribution in [3.8, 4) is 0 Å². The Kier molecular flexibility index (Phi) is 6.98. The molecular formula is C19H22N2O3. The van der Waals surface area contributed by atoms with E-state index in [1.807, 2.05) is 42.5 Å². The maximum atomic E-state index is 11.9. The Balaban J connectivity index is 1.72. The Morgan fingerprint density at radius 1 is 0.792 bits per heavy atom. The average molecular weight is 326 g/mol. The zero-order valence-corrected chi connectivity index (χ0v) is 13.5. The van der Waals surface area contributed by atoms with Crippen molar-refractivity contribution in [1.29, 1.82) is 0 Å². The fraction of sp³-hybridized carbons (Fsp3) is 0.263. The van der Waals surface area contributed by atoms with Crippen molar-refractivity contribution in [2.45, 2.75) is 32.1 Å². The van der Waals surface area contributed by atoms with E-state index in [1.54, 1.807) is 5.48 Å². The molecule has 0 fully saturated rings. The molecule has 3 N–H and O–H groups in total. The molecule has 2 rings (SSSR count). The Hall–Kier alpha value is -2.66. The van der Waals surface area contributed by atoms with Crippen molar-refractivity contribution in [3.63, 3.8) is 0 Å². The minimum atomic E-state index is -0.411. The van der Waals surface area contributed by atoms with Crippen LogP contribution >= 0.6 is 0 Å². The van der Waals surface area contributed by atoms with Gasteiger partial charge in [0.05, 0.1) is 0 Å². The van der Waals surface area contributed by atoms with Gasteiger partial charge in [-0.3, -0.25) is 14.8 Å². The van der Waals surface area contributed by atoms with Gasteiger partial charge in [0, 0.05) is 18.5 Å². The molecule has 0 aromatic heterocycles. The summed E-state index contributed by atoms with van der Waals surface area (Å²) < 4.78 is 0. The molecule has 2 aromatic carbocycles. The van der Waals surface area contributed by atoms with Crippen molar-refractivity contribution in [2.24, 2.45) is 0 Å². The predicted octanol–water partition coefficient (Wildman–Crippen LogP) is 3.09. The fourth-order valence-electron chi connectivity index (χ4n) is 2.39. The first-order valence-electron chi connectivity index (χ1n) is 8.03. The van der Waals surface area contributed by atoms with Crippen molar-refractivity contribution in [3.05, 3.63) is 65.7 Å². The molecule has 2 aromatic rings. The first-order valence-corrected chi connectivity index (χ1v) is 8.03. The van der Waals surface area contributed by atoms with Crippen molar-refractivity contribution < 1.29 is 14.8 Å². The van der Waals surface area contributed by atoms with Crippen LogP contribution < -0.4 is 10.8 Å². The Labute approximate surface area is 141 Å². The number of aryl methyl sites for hydroxylation is 2.